The van der Waals surface area contributed by atoms with Crippen LogP contribution in [0.1, 0.15) is 65.7 Å². The number of rotatable bonds is 8. The van der Waals surface area contributed by atoms with Gasteiger partial charge in [0, 0.05) is 6.04 Å². The van der Waals surface area contributed by atoms with Crippen LogP contribution < -0.4 is 5.73 Å². The van der Waals surface area contributed by atoms with E-state index in [1.165, 1.54) is 44.1 Å². The second kappa shape index (κ2) is 9.26. The molecule has 0 aromatic carbocycles. The van der Waals surface area contributed by atoms with Gasteiger partial charge in [-0.15, -0.1) is 0 Å². The maximum Gasteiger partial charge on any atom is 0.0226 e. The maximum absolute atomic E-state index is 5.94. The lowest BCUT2D eigenvalue weighted by Gasteiger charge is -2.06. The van der Waals surface area contributed by atoms with E-state index in [1.807, 2.05) is 0 Å². The summed E-state index contributed by atoms with van der Waals surface area (Å²) in [4.78, 5) is 0. The molecule has 0 fully saturated rings. The van der Waals surface area contributed by atoms with Gasteiger partial charge >= 0.3 is 0 Å². The van der Waals surface area contributed by atoms with Crippen molar-refractivity contribution >= 4 is 0 Å². The number of allylic oxidation sites excluding steroid dienone is 1. The molecule has 0 aromatic rings. The minimum Gasteiger partial charge on any atom is -0.324 e. The smallest absolute Gasteiger partial charge is 0.0226 e. The van der Waals surface area contributed by atoms with Crippen molar-refractivity contribution in [2.75, 3.05) is 0 Å². The van der Waals surface area contributed by atoms with Gasteiger partial charge in [0.25, 0.3) is 0 Å². The van der Waals surface area contributed by atoms with Crippen molar-refractivity contribution in [3.63, 3.8) is 0 Å². The lowest BCUT2D eigenvalue weighted by Crippen LogP contribution is -2.16. The molecule has 0 heterocycles. The van der Waals surface area contributed by atoms with Crippen LogP contribution >= 0.6 is 0 Å². The second-order valence-corrected chi connectivity index (χ2v) is 4.46. The van der Waals surface area contributed by atoms with Gasteiger partial charge in [-0.1, -0.05) is 57.1 Å². The zero-order valence-corrected chi connectivity index (χ0v) is 10.2. The van der Waals surface area contributed by atoms with Gasteiger partial charge in [0.2, 0.25) is 0 Å². The highest BCUT2D eigenvalue weighted by molar-refractivity contribution is 4.99. The first-order chi connectivity index (χ1) is 6.66. The first kappa shape index (κ1) is 13.7. The van der Waals surface area contributed by atoms with E-state index in [2.05, 4.69) is 26.8 Å². The van der Waals surface area contributed by atoms with E-state index in [0.29, 0.717) is 0 Å². The Hall–Kier alpha value is -0.300. The zero-order valence-electron chi connectivity index (χ0n) is 10.2. The third-order valence-corrected chi connectivity index (χ3v) is 2.44. The SMILES string of the molecule is CCCCCCCCC(N)C=C(C)C. The molecule has 0 rings (SSSR count). The van der Waals surface area contributed by atoms with Crippen LogP contribution in [-0.2, 0) is 0 Å². The van der Waals surface area contributed by atoms with Crippen molar-refractivity contribution in [1.29, 1.82) is 0 Å². The van der Waals surface area contributed by atoms with E-state index >= 15 is 0 Å². The number of unbranched alkanes of at least 4 members (excludes halogenated alkanes) is 5. The largest absolute Gasteiger partial charge is 0.324 e. The van der Waals surface area contributed by atoms with Gasteiger partial charge in [-0.2, -0.15) is 0 Å². The molecule has 0 bridgehead atoms. The Morgan fingerprint density at radius 1 is 1.07 bits per heavy atom. The Balaban J connectivity index is 3.23. The Kier molecular flexibility index (Phi) is 9.06. The molecule has 84 valence electrons. The van der Waals surface area contributed by atoms with E-state index in [0.717, 1.165) is 6.42 Å². The summed E-state index contributed by atoms with van der Waals surface area (Å²) < 4.78 is 0. The van der Waals surface area contributed by atoms with Crippen LogP contribution in [0, 0.1) is 0 Å². The van der Waals surface area contributed by atoms with Crippen LogP contribution in [0.3, 0.4) is 0 Å². The summed E-state index contributed by atoms with van der Waals surface area (Å²) in [6.45, 7) is 6.48. The van der Waals surface area contributed by atoms with Gasteiger partial charge in [-0.25, -0.2) is 0 Å². The molecule has 1 heteroatoms. The van der Waals surface area contributed by atoms with E-state index in [-0.39, 0.29) is 6.04 Å². The molecule has 0 saturated carbocycles. The predicted molar refractivity (Wildman–Crippen MR) is 65.4 cm³/mol. The van der Waals surface area contributed by atoms with E-state index < -0.39 is 0 Å². The standard InChI is InChI=1S/C13H27N/c1-4-5-6-7-8-9-10-13(14)11-12(2)3/h11,13H,4-10,14H2,1-3H3. The Labute approximate surface area is 89.8 Å². The Morgan fingerprint density at radius 2 is 1.64 bits per heavy atom. The monoisotopic (exact) mass is 197 g/mol. The van der Waals surface area contributed by atoms with Gasteiger partial charge in [-0.3, -0.25) is 0 Å². The molecule has 0 aliphatic rings. The van der Waals surface area contributed by atoms with Gasteiger partial charge in [0.1, 0.15) is 0 Å². The molecule has 0 aromatic heterocycles. The van der Waals surface area contributed by atoms with Crippen molar-refractivity contribution in [3.05, 3.63) is 11.6 Å². The fourth-order valence-electron chi connectivity index (χ4n) is 1.67. The normalized spacial score (nSPS) is 12.6. The molecule has 1 nitrogen and oxygen atoms in total. The maximum atomic E-state index is 5.94. The van der Waals surface area contributed by atoms with Crippen LogP contribution in [0.2, 0.25) is 0 Å². The molecular formula is C13H27N. The first-order valence-electron chi connectivity index (χ1n) is 6.07. The lowest BCUT2D eigenvalue weighted by atomic mass is 10.0. The summed E-state index contributed by atoms with van der Waals surface area (Å²) in [6.07, 6.45) is 11.5. The molecule has 0 amide bonds. The van der Waals surface area contributed by atoms with Crippen LogP contribution in [0.25, 0.3) is 0 Å². The van der Waals surface area contributed by atoms with Crippen molar-refractivity contribution in [2.45, 2.75) is 71.8 Å². The van der Waals surface area contributed by atoms with Crippen molar-refractivity contribution in [3.8, 4) is 0 Å². The van der Waals surface area contributed by atoms with Gasteiger partial charge < -0.3 is 5.73 Å². The highest BCUT2D eigenvalue weighted by atomic mass is 14.6. The van der Waals surface area contributed by atoms with E-state index in [9.17, 15) is 0 Å². The summed E-state index contributed by atoms with van der Waals surface area (Å²) >= 11 is 0. The molecule has 1 unspecified atom stereocenters. The highest BCUT2D eigenvalue weighted by Gasteiger charge is 1.97. The number of hydrogen-bond acceptors (Lipinski definition) is 1. The molecule has 0 saturated heterocycles. The molecule has 0 spiro atoms. The molecule has 0 aliphatic heterocycles. The van der Waals surface area contributed by atoms with Crippen LogP contribution in [0.15, 0.2) is 11.6 Å². The zero-order chi connectivity index (χ0) is 10.8. The Morgan fingerprint density at radius 3 is 2.21 bits per heavy atom. The van der Waals surface area contributed by atoms with Crippen molar-refractivity contribution < 1.29 is 0 Å². The molecule has 2 N–H and O–H groups in total. The fourth-order valence-corrected chi connectivity index (χ4v) is 1.67. The van der Waals surface area contributed by atoms with Gasteiger partial charge in [0.05, 0.1) is 0 Å². The van der Waals surface area contributed by atoms with Crippen LogP contribution in [0.4, 0.5) is 0 Å². The molecule has 0 radical (unpaired) electrons. The van der Waals surface area contributed by atoms with E-state index in [4.69, 9.17) is 5.73 Å². The molecule has 1 atom stereocenters. The first-order valence-corrected chi connectivity index (χ1v) is 6.07. The summed E-state index contributed by atoms with van der Waals surface area (Å²) in [6, 6.07) is 0.283. The van der Waals surface area contributed by atoms with Crippen molar-refractivity contribution in [2.24, 2.45) is 5.73 Å². The molecular weight excluding hydrogens is 170 g/mol. The quantitative estimate of drug-likeness (QED) is 0.461. The van der Waals surface area contributed by atoms with Gasteiger partial charge in [0.15, 0.2) is 0 Å². The minimum atomic E-state index is 0.283. The lowest BCUT2D eigenvalue weighted by molar-refractivity contribution is 0.570. The second-order valence-electron chi connectivity index (χ2n) is 4.46. The molecule has 14 heavy (non-hydrogen) atoms. The average Bonchev–Trinajstić information content (AvgIpc) is 2.10. The van der Waals surface area contributed by atoms with Gasteiger partial charge in [-0.05, 0) is 20.3 Å². The summed E-state index contributed by atoms with van der Waals surface area (Å²) in [5, 5.41) is 0. The predicted octanol–water partition coefficient (Wildman–Crippen LogP) is 4.03. The minimum absolute atomic E-state index is 0.283. The topological polar surface area (TPSA) is 26.0 Å². The molecule has 0 aliphatic carbocycles. The summed E-state index contributed by atoms with van der Waals surface area (Å²) in [5.41, 5.74) is 7.28. The third kappa shape index (κ3) is 9.79. The fraction of sp³-hybridized carbons (Fsp3) is 0.846. The highest BCUT2D eigenvalue weighted by Crippen LogP contribution is 2.08. The number of nitrogens with two attached hydrogens (primary N) is 1. The van der Waals surface area contributed by atoms with E-state index in [1.54, 1.807) is 0 Å². The van der Waals surface area contributed by atoms with Crippen LogP contribution in [0.5, 0.6) is 0 Å². The average molecular weight is 197 g/mol. The summed E-state index contributed by atoms with van der Waals surface area (Å²) in [5.74, 6) is 0. The third-order valence-electron chi connectivity index (χ3n) is 2.44. The summed E-state index contributed by atoms with van der Waals surface area (Å²) in [7, 11) is 0. The van der Waals surface area contributed by atoms with Crippen LogP contribution in [-0.4, -0.2) is 6.04 Å². The number of hydrogen-bond donors (Lipinski definition) is 1. The van der Waals surface area contributed by atoms with Crippen molar-refractivity contribution in [1.82, 2.24) is 0 Å². The Bertz CT molecular complexity index is 145.